The molecule has 1 unspecified atom stereocenters. The zero-order valence-corrected chi connectivity index (χ0v) is 21.7. The van der Waals surface area contributed by atoms with E-state index in [4.69, 9.17) is 0 Å². The normalized spacial score (nSPS) is 12.5. The fraction of sp³-hybridized carbons (Fsp3) is 1.00. The molecule has 0 aliphatic heterocycles. The summed E-state index contributed by atoms with van der Waals surface area (Å²) in [5, 5.41) is 0. The highest BCUT2D eigenvalue weighted by molar-refractivity contribution is 8.74. The van der Waals surface area contributed by atoms with Crippen LogP contribution >= 0.6 is 10.8 Å². The molecule has 0 aromatic heterocycles. The van der Waals surface area contributed by atoms with Gasteiger partial charge in [0.2, 0.25) is 0 Å². The van der Waals surface area contributed by atoms with E-state index >= 15 is 0 Å². The Balaban J connectivity index is 3.27. The van der Waals surface area contributed by atoms with E-state index in [0.717, 1.165) is 0 Å². The van der Waals surface area contributed by atoms with Crippen molar-refractivity contribution < 1.29 is 0 Å². The summed E-state index contributed by atoms with van der Waals surface area (Å²) >= 11 is 0. The van der Waals surface area contributed by atoms with E-state index in [1.54, 1.807) is 0 Å². The van der Waals surface area contributed by atoms with Crippen LogP contribution < -0.4 is 0 Å². The summed E-state index contributed by atoms with van der Waals surface area (Å²) in [5.41, 5.74) is 0. The first kappa shape index (κ1) is 28.7. The van der Waals surface area contributed by atoms with E-state index in [1.165, 1.54) is 146 Å². The predicted molar refractivity (Wildman–Crippen MR) is 139 cm³/mol. The van der Waals surface area contributed by atoms with Crippen molar-refractivity contribution in [1.82, 2.24) is 0 Å². The molecule has 0 bridgehead atoms. The molecule has 0 aliphatic carbocycles. The van der Waals surface area contributed by atoms with Gasteiger partial charge in [-0.1, -0.05) is 123 Å². The highest BCUT2D eigenvalue weighted by Gasteiger charge is 2.16. The van der Waals surface area contributed by atoms with Gasteiger partial charge in [-0.2, -0.15) is 0 Å². The molecule has 170 valence electrons. The molecule has 0 saturated heterocycles. The molecule has 0 spiro atoms. The molecule has 0 radical (unpaired) electrons. The van der Waals surface area contributed by atoms with Crippen LogP contribution in [0.5, 0.6) is 0 Å². The number of rotatable bonds is 24. The summed E-state index contributed by atoms with van der Waals surface area (Å²) < 4.78 is 0. The summed E-state index contributed by atoms with van der Waals surface area (Å²) in [6, 6.07) is 0. The van der Waals surface area contributed by atoms with E-state index < -0.39 is 0 Å². The molecular formula is C26H55S2+. The third-order valence-corrected chi connectivity index (χ3v) is 10.7. The van der Waals surface area contributed by atoms with Crippen LogP contribution in [0, 0.1) is 0 Å². The average molecular weight is 432 g/mol. The molecule has 0 aromatic carbocycles. The van der Waals surface area contributed by atoms with Crippen LogP contribution in [0.2, 0.25) is 0 Å². The Labute approximate surface area is 186 Å². The molecule has 0 heterocycles. The predicted octanol–water partition coefficient (Wildman–Crippen LogP) is 10.1. The van der Waals surface area contributed by atoms with E-state index in [2.05, 4.69) is 31.6 Å². The fourth-order valence-electron chi connectivity index (χ4n) is 3.80. The van der Waals surface area contributed by atoms with Gasteiger partial charge in [-0.25, -0.2) is 0 Å². The Kier molecular flexibility index (Phi) is 26.4. The minimum absolute atomic E-state index is 0.659. The van der Waals surface area contributed by atoms with E-state index in [9.17, 15) is 0 Å². The molecule has 0 rings (SSSR count). The van der Waals surface area contributed by atoms with Crippen molar-refractivity contribution in [3.05, 3.63) is 0 Å². The Morgan fingerprint density at radius 3 is 1.18 bits per heavy atom. The third-order valence-electron chi connectivity index (χ3n) is 5.80. The van der Waals surface area contributed by atoms with Gasteiger partial charge in [0.15, 0.2) is 0 Å². The van der Waals surface area contributed by atoms with Gasteiger partial charge in [-0.3, -0.25) is 0 Å². The fourth-order valence-corrected chi connectivity index (χ4v) is 7.73. The van der Waals surface area contributed by atoms with Gasteiger partial charge in [0, 0.05) is 5.75 Å². The lowest BCUT2D eigenvalue weighted by Gasteiger charge is -2.06. The molecule has 0 fully saturated rings. The molecule has 2 heteroatoms. The van der Waals surface area contributed by atoms with Gasteiger partial charge < -0.3 is 0 Å². The minimum atomic E-state index is 0.659. The summed E-state index contributed by atoms with van der Waals surface area (Å²) in [7, 11) is 2.97. The number of hydrogen-bond acceptors (Lipinski definition) is 1. The van der Waals surface area contributed by atoms with E-state index in [-0.39, 0.29) is 0 Å². The summed E-state index contributed by atoms with van der Waals surface area (Å²) in [6.07, 6.45) is 29.3. The molecule has 1 atom stereocenters. The second kappa shape index (κ2) is 25.7. The van der Waals surface area contributed by atoms with Gasteiger partial charge in [-0.05, 0) is 26.2 Å². The summed E-state index contributed by atoms with van der Waals surface area (Å²) in [4.78, 5) is 0. The Hall–Kier alpha value is 0.700. The monoisotopic (exact) mass is 431 g/mol. The maximum Gasteiger partial charge on any atom is 0.120 e. The van der Waals surface area contributed by atoms with Gasteiger partial charge >= 0.3 is 0 Å². The first-order chi connectivity index (χ1) is 13.8. The van der Waals surface area contributed by atoms with Gasteiger partial charge in [0.1, 0.15) is 11.5 Å². The van der Waals surface area contributed by atoms with Crippen molar-refractivity contribution in [2.24, 2.45) is 0 Å². The summed E-state index contributed by atoms with van der Waals surface area (Å²) in [5.74, 6) is 4.32. The van der Waals surface area contributed by atoms with Crippen molar-refractivity contribution >= 4 is 20.7 Å². The molecule has 0 amide bonds. The van der Waals surface area contributed by atoms with Crippen LogP contribution in [0.25, 0.3) is 0 Å². The van der Waals surface area contributed by atoms with Gasteiger partial charge in [-0.15, -0.1) is 0 Å². The number of unbranched alkanes of at least 4 members (excludes halogenated alkanes) is 18. The molecule has 0 saturated carbocycles. The maximum absolute atomic E-state index is 2.41. The van der Waals surface area contributed by atoms with Crippen LogP contribution in [0.1, 0.15) is 149 Å². The molecule has 0 aliphatic rings. The smallest absolute Gasteiger partial charge is 0.0654 e. The second-order valence-electron chi connectivity index (χ2n) is 8.62. The first-order valence-electron chi connectivity index (χ1n) is 13.2. The minimum Gasteiger partial charge on any atom is -0.0654 e. The van der Waals surface area contributed by atoms with Crippen molar-refractivity contribution in [3.63, 3.8) is 0 Å². The van der Waals surface area contributed by atoms with Crippen LogP contribution in [-0.4, -0.2) is 17.3 Å². The van der Waals surface area contributed by atoms with Crippen LogP contribution in [0.4, 0.5) is 0 Å². The first-order valence-corrected chi connectivity index (χ1v) is 16.2. The van der Waals surface area contributed by atoms with Crippen molar-refractivity contribution in [1.29, 1.82) is 0 Å². The zero-order valence-electron chi connectivity index (χ0n) is 20.1. The SMILES string of the molecule is CCCCCCCCCCCCS[S+](CC)CCCCCCCCCCCC. The Morgan fingerprint density at radius 1 is 0.429 bits per heavy atom. The molecule has 0 nitrogen and oxygen atoms in total. The van der Waals surface area contributed by atoms with Crippen molar-refractivity contribution in [2.45, 2.75) is 149 Å². The van der Waals surface area contributed by atoms with Crippen LogP contribution in [0.15, 0.2) is 0 Å². The van der Waals surface area contributed by atoms with E-state index in [1.807, 2.05) is 0 Å². The van der Waals surface area contributed by atoms with Crippen LogP contribution in [0.3, 0.4) is 0 Å². The highest BCUT2D eigenvalue weighted by atomic mass is 33.1. The lowest BCUT2D eigenvalue weighted by atomic mass is 10.1. The zero-order chi connectivity index (χ0) is 20.5. The lowest BCUT2D eigenvalue weighted by Crippen LogP contribution is -2.06. The molecule has 28 heavy (non-hydrogen) atoms. The largest absolute Gasteiger partial charge is 0.120 e. The van der Waals surface area contributed by atoms with Crippen molar-refractivity contribution in [2.75, 3.05) is 17.3 Å². The van der Waals surface area contributed by atoms with Gasteiger partial charge in [0.25, 0.3) is 0 Å². The van der Waals surface area contributed by atoms with Gasteiger partial charge in [0.05, 0.1) is 20.7 Å². The van der Waals surface area contributed by atoms with Crippen molar-refractivity contribution in [3.8, 4) is 0 Å². The molecular weight excluding hydrogens is 376 g/mol. The van der Waals surface area contributed by atoms with E-state index in [0.29, 0.717) is 9.93 Å². The highest BCUT2D eigenvalue weighted by Crippen LogP contribution is 2.22. The topological polar surface area (TPSA) is 0 Å². The third kappa shape index (κ3) is 23.0. The maximum atomic E-state index is 2.41. The second-order valence-corrected chi connectivity index (χ2v) is 13.2. The Bertz CT molecular complexity index is 267. The molecule has 0 aromatic rings. The quantitative estimate of drug-likeness (QED) is 0.0831. The average Bonchev–Trinajstić information content (AvgIpc) is 2.71. The molecule has 0 N–H and O–H groups in total. The summed E-state index contributed by atoms with van der Waals surface area (Å²) in [6.45, 7) is 7.02. The standard InChI is InChI=1S/C26H55S2/c1-4-7-9-11-13-15-17-19-21-23-25-27-28(6-3)26-24-22-20-18-16-14-12-10-8-5-2/h4-26H2,1-3H3/q+1. The Morgan fingerprint density at radius 2 is 0.786 bits per heavy atom. The lowest BCUT2D eigenvalue weighted by molar-refractivity contribution is 0.563. The number of hydrogen-bond donors (Lipinski definition) is 0. The van der Waals surface area contributed by atoms with Crippen LogP contribution in [-0.2, 0) is 9.93 Å².